The highest BCUT2D eigenvalue weighted by atomic mass is 16.3. The number of benzene rings is 5. The third-order valence-corrected chi connectivity index (χ3v) is 6.52. The largest absolute Gasteiger partial charge is 0.383 e. The van der Waals surface area contributed by atoms with Gasteiger partial charge in [-0.3, -0.25) is 4.79 Å². The first kappa shape index (κ1) is 21.1. The number of nitrogens with zero attached hydrogens (tertiary/aromatic N) is 1. The Hall–Kier alpha value is -4.47. The van der Waals surface area contributed by atoms with Crippen LogP contribution >= 0.6 is 0 Å². The summed E-state index contributed by atoms with van der Waals surface area (Å²) in [7, 11) is 0. The molecule has 0 radical (unpaired) electrons. The average molecular weight is 454 g/mol. The maximum absolute atomic E-state index is 13.2. The van der Waals surface area contributed by atoms with Gasteiger partial charge >= 0.3 is 0 Å². The molecule has 1 aliphatic carbocycles. The minimum Gasteiger partial charge on any atom is -0.383 e. The normalized spacial score (nSPS) is 16.0. The van der Waals surface area contributed by atoms with Crippen molar-refractivity contribution in [3.63, 3.8) is 0 Å². The minimum absolute atomic E-state index is 0.113. The van der Waals surface area contributed by atoms with Crippen molar-refractivity contribution in [2.75, 3.05) is 4.90 Å². The van der Waals surface area contributed by atoms with Gasteiger partial charge in [0.15, 0.2) is 5.78 Å². The zero-order valence-electron chi connectivity index (χ0n) is 19.0. The van der Waals surface area contributed by atoms with Gasteiger partial charge in [-0.05, 0) is 76.5 Å². The Morgan fingerprint density at radius 2 is 1.14 bits per heavy atom. The third kappa shape index (κ3) is 3.82. The smallest absolute Gasteiger partial charge is 0.192 e. The van der Waals surface area contributed by atoms with E-state index in [0.717, 1.165) is 33.4 Å². The van der Waals surface area contributed by atoms with Crippen molar-refractivity contribution < 1.29 is 9.90 Å². The van der Waals surface area contributed by atoms with E-state index in [-0.39, 0.29) is 5.78 Å². The van der Waals surface area contributed by atoms with Gasteiger partial charge in [0.25, 0.3) is 0 Å². The van der Waals surface area contributed by atoms with Crippen LogP contribution in [0.25, 0.3) is 16.8 Å². The summed E-state index contributed by atoms with van der Waals surface area (Å²) in [6.45, 7) is 0. The second-order valence-electron chi connectivity index (χ2n) is 8.72. The number of carbonyl (C=O) groups is 1. The number of aliphatic hydroxyl groups excluding tert-OH is 1. The Morgan fingerprint density at radius 3 is 1.74 bits per heavy atom. The fourth-order valence-corrected chi connectivity index (χ4v) is 4.77. The Morgan fingerprint density at radius 1 is 0.629 bits per heavy atom. The fraction of sp³-hybridized carbons (Fsp3) is 0.0312. The molecule has 0 saturated carbocycles. The molecule has 1 N–H and O–H groups in total. The molecule has 0 spiro atoms. The quantitative estimate of drug-likeness (QED) is 0.285. The molecular weight excluding hydrogens is 430 g/mol. The molecule has 5 aromatic carbocycles. The van der Waals surface area contributed by atoms with Crippen LogP contribution in [0.5, 0.6) is 0 Å². The van der Waals surface area contributed by atoms with E-state index in [1.807, 2.05) is 97.1 Å². The Kier molecular flexibility index (Phi) is 5.25. The fourth-order valence-electron chi connectivity index (χ4n) is 4.77. The molecule has 3 heteroatoms. The maximum atomic E-state index is 13.2. The average Bonchev–Trinajstić information content (AvgIpc) is 3.14. The Balaban J connectivity index is 1.35. The van der Waals surface area contributed by atoms with Crippen LogP contribution in [0, 0.1) is 0 Å². The van der Waals surface area contributed by atoms with Gasteiger partial charge in [-0.25, -0.2) is 0 Å². The van der Waals surface area contributed by atoms with Gasteiger partial charge in [0.1, 0.15) is 6.10 Å². The molecule has 6 rings (SSSR count). The van der Waals surface area contributed by atoms with Crippen LogP contribution in [-0.4, -0.2) is 10.9 Å². The molecule has 35 heavy (non-hydrogen) atoms. The van der Waals surface area contributed by atoms with Crippen molar-refractivity contribution in [2.24, 2.45) is 0 Å². The molecule has 1 unspecified atom stereocenters. The number of hydrogen-bond donors (Lipinski definition) is 1. The van der Waals surface area contributed by atoms with Gasteiger partial charge in [0.05, 0.1) is 0 Å². The highest BCUT2D eigenvalue weighted by Gasteiger charge is 2.33. The molecule has 168 valence electrons. The van der Waals surface area contributed by atoms with E-state index in [1.165, 1.54) is 0 Å². The molecule has 0 heterocycles. The van der Waals surface area contributed by atoms with Crippen molar-refractivity contribution >= 4 is 39.7 Å². The summed E-state index contributed by atoms with van der Waals surface area (Å²) in [6.07, 6.45) is 0.878. The number of para-hydroxylation sites is 2. The number of hydrogen-bond acceptors (Lipinski definition) is 3. The second-order valence-corrected chi connectivity index (χ2v) is 8.72. The summed E-state index contributed by atoms with van der Waals surface area (Å²) >= 11 is 0. The van der Waals surface area contributed by atoms with E-state index in [2.05, 4.69) is 29.2 Å². The summed E-state index contributed by atoms with van der Waals surface area (Å²) in [4.78, 5) is 15.4. The van der Waals surface area contributed by atoms with Crippen LogP contribution in [0.4, 0.5) is 17.1 Å². The molecule has 1 aliphatic rings. The molecule has 5 aromatic rings. The number of ketones is 1. The molecule has 1 atom stereocenters. The first-order valence-corrected chi connectivity index (χ1v) is 11.7. The van der Waals surface area contributed by atoms with E-state index in [1.54, 1.807) is 6.08 Å². The van der Waals surface area contributed by atoms with Gasteiger partial charge in [0.2, 0.25) is 0 Å². The molecule has 0 saturated heterocycles. The number of Topliss-reactive ketones (excluding diaryl/α,β-unsaturated/α-hetero) is 1. The second kappa shape index (κ2) is 8.71. The van der Waals surface area contributed by atoms with Gasteiger partial charge in [-0.1, -0.05) is 72.8 Å². The Bertz CT molecular complexity index is 1520. The lowest BCUT2D eigenvalue weighted by molar-refractivity contribution is 0.102. The van der Waals surface area contributed by atoms with E-state index < -0.39 is 6.10 Å². The van der Waals surface area contributed by atoms with Gasteiger partial charge in [0, 0.05) is 28.2 Å². The van der Waals surface area contributed by atoms with E-state index in [9.17, 15) is 9.90 Å². The lowest BCUT2D eigenvalue weighted by atomic mass is 10.0. The predicted octanol–water partition coefficient (Wildman–Crippen LogP) is 7.62. The van der Waals surface area contributed by atoms with Crippen molar-refractivity contribution in [3.05, 3.63) is 144 Å². The number of anilines is 3. The van der Waals surface area contributed by atoms with E-state index >= 15 is 0 Å². The van der Waals surface area contributed by atoms with Crippen LogP contribution in [0.15, 0.2) is 127 Å². The lowest BCUT2D eigenvalue weighted by Crippen LogP contribution is -2.09. The van der Waals surface area contributed by atoms with Crippen LogP contribution < -0.4 is 4.90 Å². The minimum atomic E-state index is -0.924. The van der Waals surface area contributed by atoms with Gasteiger partial charge in [-0.15, -0.1) is 0 Å². The van der Waals surface area contributed by atoms with Gasteiger partial charge < -0.3 is 10.0 Å². The van der Waals surface area contributed by atoms with Crippen molar-refractivity contribution in [1.29, 1.82) is 0 Å². The summed E-state index contributed by atoms with van der Waals surface area (Å²) in [5.41, 5.74) is 5.68. The van der Waals surface area contributed by atoms with Crippen molar-refractivity contribution in [1.82, 2.24) is 0 Å². The van der Waals surface area contributed by atoms with Crippen molar-refractivity contribution in [3.8, 4) is 0 Å². The number of aliphatic hydroxyl groups is 1. The standard InChI is InChI=1S/C32H23NO2/c34-31-28-20-23-9-7-8-10-24(23)21-29(28)32(35)30(31)19-22-15-17-27(18-16-22)33(25-11-3-1-4-12-25)26-13-5-2-6-14-26/h1-21,31,34H/b30-19+. The zero-order valence-corrected chi connectivity index (χ0v) is 19.0. The summed E-state index contributed by atoms with van der Waals surface area (Å²) in [5.74, 6) is -0.113. The molecule has 0 aromatic heterocycles. The predicted molar refractivity (Wildman–Crippen MR) is 142 cm³/mol. The van der Waals surface area contributed by atoms with Gasteiger partial charge in [-0.2, -0.15) is 0 Å². The summed E-state index contributed by atoms with van der Waals surface area (Å²) in [6, 6.07) is 40.2. The van der Waals surface area contributed by atoms with E-state index in [4.69, 9.17) is 0 Å². The monoisotopic (exact) mass is 453 g/mol. The first-order chi connectivity index (χ1) is 17.2. The van der Waals surface area contributed by atoms with Crippen LogP contribution in [0.3, 0.4) is 0 Å². The van der Waals surface area contributed by atoms with Crippen LogP contribution in [0.1, 0.15) is 27.6 Å². The third-order valence-electron chi connectivity index (χ3n) is 6.52. The molecule has 3 nitrogen and oxygen atoms in total. The molecule has 0 aliphatic heterocycles. The highest BCUT2D eigenvalue weighted by molar-refractivity contribution is 6.18. The highest BCUT2D eigenvalue weighted by Crippen LogP contribution is 2.39. The summed E-state index contributed by atoms with van der Waals surface area (Å²) < 4.78 is 0. The molecule has 0 amide bonds. The first-order valence-electron chi connectivity index (χ1n) is 11.7. The van der Waals surface area contributed by atoms with E-state index in [0.29, 0.717) is 16.7 Å². The zero-order chi connectivity index (χ0) is 23.8. The lowest BCUT2D eigenvalue weighted by Gasteiger charge is -2.25. The number of fused-ring (bicyclic) bond motifs is 2. The molecular formula is C32H23NO2. The molecule has 0 fully saturated rings. The number of carbonyl (C=O) groups excluding carboxylic acids is 1. The van der Waals surface area contributed by atoms with Crippen molar-refractivity contribution in [2.45, 2.75) is 6.10 Å². The topological polar surface area (TPSA) is 40.5 Å². The SMILES string of the molecule is O=C1/C(=C/c2ccc(N(c3ccccc3)c3ccccc3)cc2)C(O)c2cc3ccccc3cc21. The molecule has 0 bridgehead atoms. The maximum Gasteiger partial charge on any atom is 0.192 e. The Labute approximate surface area is 204 Å². The number of rotatable bonds is 4. The summed E-state index contributed by atoms with van der Waals surface area (Å²) in [5, 5.41) is 13.0. The van der Waals surface area contributed by atoms with Crippen LogP contribution in [0.2, 0.25) is 0 Å². The van der Waals surface area contributed by atoms with Crippen LogP contribution in [-0.2, 0) is 0 Å².